The third kappa shape index (κ3) is 3.97. The molecule has 2 aromatic rings. The Bertz CT molecular complexity index is 610. The van der Waals surface area contributed by atoms with E-state index in [0.29, 0.717) is 18.8 Å². The highest BCUT2D eigenvalue weighted by Crippen LogP contribution is 2.38. The first-order valence-electron chi connectivity index (χ1n) is 7.99. The molecule has 3 heteroatoms. The molecule has 0 aliphatic heterocycles. The van der Waals surface area contributed by atoms with Crippen LogP contribution in [0.2, 0.25) is 0 Å². The summed E-state index contributed by atoms with van der Waals surface area (Å²) in [5.41, 5.74) is 1.34. The number of esters is 1. The fraction of sp³-hybridized carbons (Fsp3) is 0.350. The summed E-state index contributed by atoms with van der Waals surface area (Å²) in [7, 11) is 0. The van der Waals surface area contributed by atoms with E-state index in [2.05, 4.69) is 26.5 Å². The summed E-state index contributed by atoms with van der Waals surface area (Å²) >= 11 is 4.38. The predicted octanol–water partition coefficient (Wildman–Crippen LogP) is 4.64. The van der Waals surface area contributed by atoms with E-state index in [1.165, 1.54) is 0 Å². The summed E-state index contributed by atoms with van der Waals surface area (Å²) in [5, 5.41) is 0. The van der Waals surface area contributed by atoms with Gasteiger partial charge in [-0.15, -0.1) is 0 Å². The summed E-state index contributed by atoms with van der Waals surface area (Å²) in [6, 6.07) is 19.7. The molecule has 122 valence electrons. The summed E-state index contributed by atoms with van der Waals surface area (Å²) in [4.78, 5) is 13.0. The Hall–Kier alpha value is -1.74. The van der Waals surface area contributed by atoms with Crippen LogP contribution >= 0.6 is 12.6 Å². The lowest BCUT2D eigenvalue weighted by molar-refractivity contribution is -0.154. The van der Waals surface area contributed by atoms with Crippen LogP contribution in [0.1, 0.15) is 31.4 Å². The Labute approximate surface area is 144 Å². The Morgan fingerprint density at radius 2 is 1.61 bits per heavy atom. The van der Waals surface area contributed by atoms with Gasteiger partial charge in [0.05, 0.1) is 5.41 Å². The highest BCUT2D eigenvalue weighted by Gasteiger charge is 2.43. The number of thiol groups is 1. The van der Waals surface area contributed by atoms with E-state index < -0.39 is 5.41 Å². The first kappa shape index (κ1) is 17.6. The maximum Gasteiger partial charge on any atom is 0.317 e. The van der Waals surface area contributed by atoms with Gasteiger partial charge in [0.1, 0.15) is 6.61 Å². The van der Waals surface area contributed by atoms with Gasteiger partial charge in [0.15, 0.2) is 0 Å². The van der Waals surface area contributed by atoms with Crippen LogP contribution in [0.4, 0.5) is 0 Å². The minimum atomic E-state index is -0.655. The van der Waals surface area contributed by atoms with Crippen LogP contribution in [0, 0.1) is 5.92 Å². The molecule has 0 saturated heterocycles. The van der Waals surface area contributed by atoms with Gasteiger partial charge in [0, 0.05) is 0 Å². The first-order chi connectivity index (χ1) is 11.1. The molecule has 0 aliphatic carbocycles. The standard InChI is InChI=1S/C20H24O2S/c1-16(2)20(13-14-23,18-11-7-4-8-12-18)19(21)22-15-17-9-5-3-6-10-17/h3-12,16,23H,13-15H2,1-2H3/t20-/m1/s1. The van der Waals surface area contributed by atoms with Crippen molar-refractivity contribution in [1.29, 1.82) is 0 Å². The molecule has 0 saturated carbocycles. The van der Waals surface area contributed by atoms with E-state index in [4.69, 9.17) is 4.74 Å². The zero-order chi connectivity index (χ0) is 16.7. The third-order valence-electron chi connectivity index (χ3n) is 4.36. The van der Waals surface area contributed by atoms with Crippen molar-refractivity contribution in [1.82, 2.24) is 0 Å². The molecule has 2 nitrogen and oxygen atoms in total. The minimum Gasteiger partial charge on any atom is -0.460 e. The summed E-state index contributed by atoms with van der Waals surface area (Å²) in [6.45, 7) is 4.44. The average Bonchev–Trinajstić information content (AvgIpc) is 2.59. The van der Waals surface area contributed by atoms with Gasteiger partial charge >= 0.3 is 5.97 Å². The molecular formula is C20H24O2S. The fourth-order valence-corrected chi connectivity index (χ4v) is 3.34. The zero-order valence-electron chi connectivity index (χ0n) is 13.7. The summed E-state index contributed by atoms with van der Waals surface area (Å²) < 4.78 is 5.69. The van der Waals surface area contributed by atoms with Crippen molar-refractivity contribution in [3.8, 4) is 0 Å². The van der Waals surface area contributed by atoms with E-state index in [1.807, 2.05) is 60.7 Å². The van der Waals surface area contributed by atoms with E-state index in [-0.39, 0.29) is 11.9 Å². The highest BCUT2D eigenvalue weighted by molar-refractivity contribution is 7.80. The van der Waals surface area contributed by atoms with Crippen molar-refractivity contribution in [3.05, 3.63) is 71.8 Å². The molecule has 0 aromatic heterocycles. The number of benzene rings is 2. The van der Waals surface area contributed by atoms with Gasteiger partial charge in [-0.1, -0.05) is 74.5 Å². The van der Waals surface area contributed by atoms with E-state index >= 15 is 0 Å². The lowest BCUT2D eigenvalue weighted by Crippen LogP contribution is -2.42. The highest BCUT2D eigenvalue weighted by atomic mass is 32.1. The Balaban J connectivity index is 2.27. The molecule has 2 rings (SSSR count). The molecule has 0 radical (unpaired) electrons. The molecular weight excluding hydrogens is 304 g/mol. The maximum atomic E-state index is 13.0. The Morgan fingerprint density at radius 1 is 1.04 bits per heavy atom. The van der Waals surface area contributed by atoms with E-state index in [0.717, 1.165) is 11.1 Å². The molecule has 0 unspecified atom stereocenters. The van der Waals surface area contributed by atoms with Crippen LogP contribution in [0.15, 0.2) is 60.7 Å². The number of hydrogen-bond donors (Lipinski definition) is 1. The minimum absolute atomic E-state index is 0.125. The predicted molar refractivity (Wildman–Crippen MR) is 97.7 cm³/mol. The van der Waals surface area contributed by atoms with Crippen molar-refractivity contribution in [2.24, 2.45) is 5.92 Å². The zero-order valence-corrected chi connectivity index (χ0v) is 14.6. The van der Waals surface area contributed by atoms with Crippen molar-refractivity contribution >= 4 is 18.6 Å². The largest absolute Gasteiger partial charge is 0.460 e. The first-order valence-corrected chi connectivity index (χ1v) is 8.62. The van der Waals surface area contributed by atoms with E-state index in [1.54, 1.807) is 0 Å². The molecule has 0 fully saturated rings. The summed E-state index contributed by atoms with van der Waals surface area (Å²) in [5.74, 6) is 0.588. The Kier molecular flexibility index (Phi) is 6.28. The van der Waals surface area contributed by atoms with Crippen LogP contribution in [0.5, 0.6) is 0 Å². The van der Waals surface area contributed by atoms with Gasteiger partial charge in [-0.25, -0.2) is 0 Å². The number of hydrogen-bond acceptors (Lipinski definition) is 3. The van der Waals surface area contributed by atoms with Gasteiger partial charge in [0.2, 0.25) is 0 Å². The van der Waals surface area contributed by atoms with Crippen molar-refractivity contribution in [2.45, 2.75) is 32.3 Å². The number of carbonyl (C=O) groups is 1. The second-order valence-corrected chi connectivity index (χ2v) is 6.47. The maximum absolute atomic E-state index is 13.0. The molecule has 2 aromatic carbocycles. The second kappa shape index (κ2) is 8.21. The summed E-state index contributed by atoms with van der Waals surface area (Å²) in [6.07, 6.45) is 0.658. The molecule has 23 heavy (non-hydrogen) atoms. The third-order valence-corrected chi connectivity index (χ3v) is 4.58. The monoisotopic (exact) mass is 328 g/mol. The SMILES string of the molecule is CC(C)[C@@](CCS)(C(=O)OCc1ccccc1)c1ccccc1. The molecule has 0 amide bonds. The van der Waals surface area contributed by atoms with Gasteiger partial charge in [-0.3, -0.25) is 4.79 Å². The van der Waals surface area contributed by atoms with Crippen molar-refractivity contribution < 1.29 is 9.53 Å². The second-order valence-electron chi connectivity index (χ2n) is 6.03. The quantitative estimate of drug-likeness (QED) is 0.592. The average molecular weight is 328 g/mol. The topological polar surface area (TPSA) is 26.3 Å². The molecule has 0 heterocycles. The lowest BCUT2D eigenvalue weighted by Gasteiger charge is -2.35. The van der Waals surface area contributed by atoms with E-state index in [9.17, 15) is 4.79 Å². The van der Waals surface area contributed by atoms with Crippen LogP contribution in [-0.2, 0) is 21.6 Å². The molecule has 0 spiro atoms. The molecule has 1 atom stereocenters. The lowest BCUT2D eigenvalue weighted by atomic mass is 9.69. The number of ether oxygens (including phenoxy) is 1. The molecule has 0 bridgehead atoms. The van der Waals surface area contributed by atoms with Gasteiger partial charge in [0.25, 0.3) is 0 Å². The van der Waals surface area contributed by atoms with Crippen molar-refractivity contribution in [2.75, 3.05) is 5.75 Å². The molecule has 0 aliphatic rings. The van der Waals surface area contributed by atoms with Crippen LogP contribution < -0.4 is 0 Å². The molecule has 0 N–H and O–H groups in total. The van der Waals surface area contributed by atoms with Crippen LogP contribution in [0.25, 0.3) is 0 Å². The van der Waals surface area contributed by atoms with Crippen LogP contribution in [-0.4, -0.2) is 11.7 Å². The van der Waals surface area contributed by atoms with Gasteiger partial charge in [-0.2, -0.15) is 12.6 Å². The smallest absolute Gasteiger partial charge is 0.317 e. The fourth-order valence-electron chi connectivity index (χ4n) is 2.99. The Morgan fingerprint density at radius 3 is 2.13 bits per heavy atom. The van der Waals surface area contributed by atoms with Gasteiger partial charge in [-0.05, 0) is 29.2 Å². The van der Waals surface area contributed by atoms with Crippen LogP contribution in [0.3, 0.4) is 0 Å². The van der Waals surface area contributed by atoms with Gasteiger partial charge < -0.3 is 4.74 Å². The number of carbonyl (C=O) groups excluding carboxylic acids is 1. The van der Waals surface area contributed by atoms with Crippen molar-refractivity contribution in [3.63, 3.8) is 0 Å². The normalized spacial score (nSPS) is 13.6. The number of rotatable bonds is 7.